The molecule has 0 spiro atoms. The Morgan fingerprint density at radius 2 is 2.00 bits per heavy atom. The summed E-state index contributed by atoms with van der Waals surface area (Å²) < 4.78 is 1.12. The second-order valence-electron chi connectivity index (χ2n) is 4.28. The highest BCUT2D eigenvalue weighted by Crippen LogP contribution is 2.24. The molecule has 1 unspecified atom stereocenters. The highest BCUT2D eigenvalue weighted by Gasteiger charge is 2.10. The van der Waals surface area contributed by atoms with Crippen molar-refractivity contribution in [3.63, 3.8) is 0 Å². The Labute approximate surface area is 110 Å². The molecule has 18 heavy (non-hydrogen) atoms. The molecule has 3 rings (SSSR count). The minimum Gasteiger partial charge on any atom is -0.388 e. The molecule has 0 fully saturated rings. The van der Waals surface area contributed by atoms with E-state index in [1.165, 1.54) is 0 Å². The van der Waals surface area contributed by atoms with Gasteiger partial charge in [-0.2, -0.15) is 0 Å². The first-order chi connectivity index (χ1) is 8.83. The fourth-order valence-corrected chi connectivity index (χ4v) is 2.79. The van der Waals surface area contributed by atoms with E-state index in [0.717, 1.165) is 21.3 Å². The molecule has 3 heteroatoms. The van der Waals surface area contributed by atoms with E-state index in [1.807, 2.05) is 47.8 Å². The molecule has 0 aliphatic carbocycles. The number of hydrogen-bond donors (Lipinski definition) is 1. The van der Waals surface area contributed by atoms with Gasteiger partial charge in [0.05, 0.1) is 16.3 Å². The van der Waals surface area contributed by atoms with Crippen LogP contribution in [0, 0.1) is 0 Å². The number of fused-ring (bicyclic) bond motifs is 1. The minimum atomic E-state index is -0.494. The maximum absolute atomic E-state index is 10.2. The van der Waals surface area contributed by atoms with Crippen molar-refractivity contribution in [2.75, 3.05) is 0 Å². The van der Waals surface area contributed by atoms with Gasteiger partial charge in [-0.25, -0.2) is 0 Å². The third kappa shape index (κ3) is 2.28. The number of thiophene rings is 1. The molecule has 1 N–H and O–H groups in total. The van der Waals surface area contributed by atoms with Gasteiger partial charge in [-0.15, -0.1) is 11.3 Å². The van der Waals surface area contributed by atoms with Crippen LogP contribution in [0.4, 0.5) is 0 Å². The monoisotopic (exact) mass is 255 g/mol. The van der Waals surface area contributed by atoms with Crippen molar-refractivity contribution in [1.82, 2.24) is 4.98 Å². The zero-order chi connectivity index (χ0) is 12.4. The molecular weight excluding hydrogens is 242 g/mol. The van der Waals surface area contributed by atoms with Crippen molar-refractivity contribution in [3.8, 4) is 0 Å². The van der Waals surface area contributed by atoms with Gasteiger partial charge in [0, 0.05) is 18.2 Å². The molecule has 0 bridgehead atoms. The van der Waals surface area contributed by atoms with Crippen LogP contribution in [0.25, 0.3) is 10.2 Å². The molecule has 3 aromatic rings. The summed E-state index contributed by atoms with van der Waals surface area (Å²) in [7, 11) is 0. The number of aliphatic hydroxyl groups is 1. The first-order valence-corrected chi connectivity index (χ1v) is 6.76. The van der Waals surface area contributed by atoms with E-state index >= 15 is 0 Å². The maximum atomic E-state index is 10.2. The number of benzene rings is 1. The normalized spacial score (nSPS) is 12.7. The van der Waals surface area contributed by atoms with Gasteiger partial charge in [0.2, 0.25) is 0 Å². The Bertz CT molecular complexity index is 648. The largest absolute Gasteiger partial charge is 0.388 e. The maximum Gasteiger partial charge on any atom is 0.0845 e. The number of aliphatic hydroxyl groups excluding tert-OH is 1. The average molecular weight is 255 g/mol. The summed E-state index contributed by atoms with van der Waals surface area (Å²) in [6.45, 7) is 0. The SMILES string of the molecule is OC(Cc1ccccc1)c1cnc2ccsc2c1. The van der Waals surface area contributed by atoms with E-state index in [2.05, 4.69) is 4.98 Å². The second-order valence-corrected chi connectivity index (χ2v) is 5.23. The summed E-state index contributed by atoms with van der Waals surface area (Å²) in [6, 6.07) is 14.0. The van der Waals surface area contributed by atoms with Crippen molar-refractivity contribution in [2.24, 2.45) is 0 Å². The average Bonchev–Trinajstić information content (AvgIpc) is 2.87. The summed E-state index contributed by atoms with van der Waals surface area (Å²) in [5, 5.41) is 12.3. The molecule has 0 aliphatic rings. The van der Waals surface area contributed by atoms with Crippen LogP contribution in [0.1, 0.15) is 17.2 Å². The van der Waals surface area contributed by atoms with Crippen LogP contribution in [0.5, 0.6) is 0 Å². The Hall–Kier alpha value is -1.71. The van der Waals surface area contributed by atoms with Crippen LogP contribution >= 0.6 is 11.3 Å². The number of nitrogens with zero attached hydrogens (tertiary/aromatic N) is 1. The predicted octanol–water partition coefficient (Wildman–Crippen LogP) is 3.57. The molecule has 0 amide bonds. The summed E-state index contributed by atoms with van der Waals surface area (Å²) in [4.78, 5) is 4.35. The van der Waals surface area contributed by atoms with Crippen molar-refractivity contribution in [1.29, 1.82) is 0 Å². The van der Waals surface area contributed by atoms with Gasteiger partial charge in [0.25, 0.3) is 0 Å². The Kier molecular flexibility index (Phi) is 3.09. The van der Waals surface area contributed by atoms with Crippen molar-refractivity contribution >= 4 is 21.6 Å². The zero-order valence-corrected chi connectivity index (χ0v) is 10.6. The molecule has 90 valence electrons. The quantitative estimate of drug-likeness (QED) is 0.776. The summed E-state index contributed by atoms with van der Waals surface area (Å²) in [5.41, 5.74) is 3.01. The van der Waals surface area contributed by atoms with E-state index < -0.39 is 6.10 Å². The molecule has 1 atom stereocenters. The fraction of sp³-hybridized carbons (Fsp3) is 0.133. The molecule has 0 saturated carbocycles. The number of rotatable bonds is 3. The lowest BCUT2D eigenvalue weighted by Crippen LogP contribution is -2.02. The lowest BCUT2D eigenvalue weighted by atomic mass is 10.0. The van der Waals surface area contributed by atoms with Crippen LogP contribution in [-0.2, 0) is 6.42 Å². The smallest absolute Gasteiger partial charge is 0.0845 e. The van der Waals surface area contributed by atoms with E-state index in [1.54, 1.807) is 17.5 Å². The number of pyridine rings is 1. The van der Waals surface area contributed by atoms with Gasteiger partial charge >= 0.3 is 0 Å². The van der Waals surface area contributed by atoms with Gasteiger partial charge in [-0.05, 0) is 23.1 Å². The zero-order valence-electron chi connectivity index (χ0n) is 9.78. The molecule has 0 aliphatic heterocycles. The molecule has 1 aromatic carbocycles. The first kappa shape index (κ1) is 11.4. The van der Waals surface area contributed by atoms with Crippen molar-refractivity contribution in [2.45, 2.75) is 12.5 Å². The van der Waals surface area contributed by atoms with Gasteiger partial charge in [0.15, 0.2) is 0 Å². The van der Waals surface area contributed by atoms with E-state index in [-0.39, 0.29) is 0 Å². The molecule has 2 heterocycles. The Balaban J connectivity index is 1.85. The van der Waals surface area contributed by atoms with E-state index in [0.29, 0.717) is 6.42 Å². The van der Waals surface area contributed by atoms with Gasteiger partial charge in [-0.1, -0.05) is 30.3 Å². The fourth-order valence-electron chi connectivity index (χ4n) is 2.00. The topological polar surface area (TPSA) is 33.1 Å². The van der Waals surface area contributed by atoms with Gasteiger partial charge < -0.3 is 5.11 Å². The highest BCUT2D eigenvalue weighted by atomic mass is 32.1. The molecular formula is C15H13NOS. The molecule has 2 aromatic heterocycles. The van der Waals surface area contributed by atoms with Crippen LogP contribution in [0.3, 0.4) is 0 Å². The second kappa shape index (κ2) is 4.88. The standard InChI is InChI=1S/C15H13NOS/c17-14(8-11-4-2-1-3-5-11)12-9-15-13(16-10-12)6-7-18-15/h1-7,9-10,14,17H,8H2. The summed E-state index contributed by atoms with van der Waals surface area (Å²) in [5.74, 6) is 0. The van der Waals surface area contributed by atoms with Crippen molar-refractivity contribution in [3.05, 3.63) is 65.2 Å². The summed E-state index contributed by atoms with van der Waals surface area (Å²) >= 11 is 1.65. The van der Waals surface area contributed by atoms with Crippen LogP contribution in [0.15, 0.2) is 54.0 Å². The third-order valence-corrected chi connectivity index (χ3v) is 3.83. The highest BCUT2D eigenvalue weighted by molar-refractivity contribution is 7.17. The molecule has 2 nitrogen and oxygen atoms in total. The van der Waals surface area contributed by atoms with Crippen LogP contribution in [0.2, 0.25) is 0 Å². The van der Waals surface area contributed by atoms with E-state index in [4.69, 9.17) is 0 Å². The lowest BCUT2D eigenvalue weighted by molar-refractivity contribution is 0.178. The number of hydrogen-bond acceptors (Lipinski definition) is 3. The lowest BCUT2D eigenvalue weighted by Gasteiger charge is -2.10. The first-order valence-electron chi connectivity index (χ1n) is 5.88. The summed E-state index contributed by atoms with van der Waals surface area (Å²) in [6.07, 6.45) is 1.90. The predicted molar refractivity (Wildman–Crippen MR) is 74.7 cm³/mol. The van der Waals surface area contributed by atoms with Crippen LogP contribution in [-0.4, -0.2) is 10.1 Å². The van der Waals surface area contributed by atoms with E-state index in [9.17, 15) is 5.11 Å². The molecule has 0 radical (unpaired) electrons. The number of aromatic nitrogens is 1. The van der Waals surface area contributed by atoms with Crippen molar-refractivity contribution < 1.29 is 5.11 Å². The van der Waals surface area contributed by atoms with Crippen LogP contribution < -0.4 is 0 Å². The Morgan fingerprint density at radius 1 is 1.17 bits per heavy atom. The minimum absolute atomic E-state index is 0.494. The van der Waals surface area contributed by atoms with Gasteiger partial charge in [-0.3, -0.25) is 4.98 Å². The van der Waals surface area contributed by atoms with Gasteiger partial charge in [0.1, 0.15) is 0 Å². The molecule has 0 saturated heterocycles. The Morgan fingerprint density at radius 3 is 2.83 bits per heavy atom. The third-order valence-electron chi connectivity index (χ3n) is 2.98.